The predicted octanol–water partition coefficient (Wildman–Crippen LogP) is 1.28. The number of nitrogens with one attached hydrogen (secondary N) is 3. The van der Waals surface area contributed by atoms with Crippen LogP contribution in [0.5, 0.6) is 0 Å². The molecular weight excluding hydrogens is 200 g/mol. The van der Waals surface area contributed by atoms with Crippen LogP contribution in [0.25, 0.3) is 0 Å². The van der Waals surface area contributed by atoms with Crippen LogP contribution < -0.4 is 16.0 Å². The van der Waals surface area contributed by atoms with Gasteiger partial charge in [-0.25, -0.2) is 0 Å². The maximum atomic E-state index is 4.04. The lowest BCUT2D eigenvalue weighted by molar-refractivity contribution is 0.784. The molecule has 0 aliphatic heterocycles. The topological polar surface area (TPSA) is 48.5 Å². The summed E-state index contributed by atoms with van der Waals surface area (Å²) in [6.45, 7) is 1.87. The van der Waals surface area contributed by atoms with Gasteiger partial charge in [-0.3, -0.25) is 4.99 Å². The van der Waals surface area contributed by atoms with E-state index in [1.165, 1.54) is 5.69 Å². The van der Waals surface area contributed by atoms with Crippen molar-refractivity contribution in [2.75, 3.05) is 32.5 Å². The smallest absolute Gasteiger partial charge is 0.190 e. The number of rotatable bonds is 5. The number of hydrogen-bond acceptors (Lipinski definition) is 2. The quantitative estimate of drug-likeness (QED) is 0.398. The molecule has 4 heteroatoms. The molecule has 0 unspecified atom stereocenters. The molecule has 0 fully saturated rings. The van der Waals surface area contributed by atoms with Gasteiger partial charge < -0.3 is 16.0 Å². The number of para-hydroxylation sites is 1. The molecule has 0 radical (unpaired) electrons. The summed E-state index contributed by atoms with van der Waals surface area (Å²) in [7, 11) is 3.62. The van der Waals surface area contributed by atoms with Gasteiger partial charge in [-0.05, 0) is 18.6 Å². The largest absolute Gasteiger partial charge is 0.385 e. The number of hydrogen-bond donors (Lipinski definition) is 3. The van der Waals surface area contributed by atoms with Crippen LogP contribution in [-0.4, -0.2) is 33.1 Å². The Morgan fingerprint density at radius 3 is 2.56 bits per heavy atom. The molecule has 0 heterocycles. The molecule has 0 saturated heterocycles. The lowest BCUT2D eigenvalue weighted by atomic mass is 10.3. The van der Waals surface area contributed by atoms with Gasteiger partial charge >= 0.3 is 0 Å². The fourth-order valence-electron chi connectivity index (χ4n) is 1.36. The number of benzene rings is 1. The van der Waals surface area contributed by atoms with E-state index in [0.717, 1.165) is 25.5 Å². The number of anilines is 1. The lowest BCUT2D eigenvalue weighted by Gasteiger charge is -2.09. The molecule has 0 aromatic heterocycles. The predicted molar refractivity (Wildman–Crippen MR) is 70.0 cm³/mol. The monoisotopic (exact) mass is 220 g/mol. The molecule has 1 rings (SSSR count). The molecule has 16 heavy (non-hydrogen) atoms. The number of aliphatic imine (C=N–C) groups is 1. The van der Waals surface area contributed by atoms with Gasteiger partial charge in [-0.2, -0.15) is 0 Å². The third-order valence-electron chi connectivity index (χ3n) is 2.21. The van der Waals surface area contributed by atoms with Crippen molar-refractivity contribution in [1.82, 2.24) is 10.6 Å². The molecule has 3 N–H and O–H groups in total. The number of nitrogens with zero attached hydrogens (tertiary/aromatic N) is 1. The van der Waals surface area contributed by atoms with Crippen molar-refractivity contribution in [3.8, 4) is 0 Å². The van der Waals surface area contributed by atoms with Crippen molar-refractivity contribution >= 4 is 11.6 Å². The van der Waals surface area contributed by atoms with Gasteiger partial charge in [0.25, 0.3) is 0 Å². The molecule has 0 aliphatic carbocycles. The second-order valence-corrected chi connectivity index (χ2v) is 3.40. The fourth-order valence-corrected chi connectivity index (χ4v) is 1.36. The van der Waals surface area contributed by atoms with Crippen LogP contribution in [-0.2, 0) is 0 Å². The summed E-state index contributed by atoms with van der Waals surface area (Å²) in [5.41, 5.74) is 1.17. The highest BCUT2D eigenvalue weighted by molar-refractivity contribution is 5.79. The zero-order valence-electron chi connectivity index (χ0n) is 9.96. The average Bonchev–Trinajstić information content (AvgIpc) is 2.35. The van der Waals surface area contributed by atoms with Gasteiger partial charge in [0.15, 0.2) is 5.96 Å². The van der Waals surface area contributed by atoms with Gasteiger partial charge in [0, 0.05) is 32.9 Å². The van der Waals surface area contributed by atoms with E-state index in [1.807, 2.05) is 25.2 Å². The Labute approximate surface area is 97.2 Å². The zero-order valence-corrected chi connectivity index (χ0v) is 9.96. The molecule has 0 amide bonds. The second-order valence-electron chi connectivity index (χ2n) is 3.40. The van der Waals surface area contributed by atoms with Crippen LogP contribution in [0.2, 0.25) is 0 Å². The molecule has 0 atom stereocenters. The van der Waals surface area contributed by atoms with Crippen LogP contribution in [0.3, 0.4) is 0 Å². The van der Waals surface area contributed by atoms with Crippen LogP contribution >= 0.6 is 0 Å². The Bertz CT molecular complexity index is 308. The Hall–Kier alpha value is -1.71. The molecular formula is C12H20N4. The minimum atomic E-state index is 0.833. The highest BCUT2D eigenvalue weighted by atomic mass is 15.1. The van der Waals surface area contributed by atoms with Crippen molar-refractivity contribution in [3.63, 3.8) is 0 Å². The second kappa shape index (κ2) is 7.56. The molecule has 88 valence electrons. The molecule has 1 aromatic rings. The molecule has 0 spiro atoms. The highest BCUT2D eigenvalue weighted by Gasteiger charge is 1.92. The summed E-state index contributed by atoms with van der Waals surface area (Å²) in [6.07, 6.45) is 1.05. The summed E-state index contributed by atoms with van der Waals surface area (Å²) >= 11 is 0. The first-order valence-electron chi connectivity index (χ1n) is 5.54. The zero-order chi connectivity index (χ0) is 11.6. The van der Waals surface area contributed by atoms with Crippen molar-refractivity contribution < 1.29 is 0 Å². The molecule has 0 bridgehead atoms. The number of guanidine groups is 1. The lowest BCUT2D eigenvalue weighted by Crippen LogP contribution is -2.35. The summed E-state index contributed by atoms with van der Waals surface area (Å²) in [4.78, 5) is 4.04. The van der Waals surface area contributed by atoms with E-state index in [-0.39, 0.29) is 0 Å². The summed E-state index contributed by atoms with van der Waals surface area (Å²) in [6, 6.07) is 10.2. The van der Waals surface area contributed by atoms with Gasteiger partial charge in [-0.1, -0.05) is 18.2 Å². The Morgan fingerprint density at radius 1 is 1.19 bits per heavy atom. The van der Waals surface area contributed by atoms with Crippen molar-refractivity contribution in [2.24, 2.45) is 4.99 Å². The molecule has 0 aliphatic rings. The summed E-state index contributed by atoms with van der Waals surface area (Å²) < 4.78 is 0. The first kappa shape index (κ1) is 12.4. The first-order valence-corrected chi connectivity index (χ1v) is 5.54. The van der Waals surface area contributed by atoms with Gasteiger partial charge in [-0.15, -0.1) is 0 Å². The van der Waals surface area contributed by atoms with E-state index in [0.29, 0.717) is 0 Å². The highest BCUT2D eigenvalue weighted by Crippen LogP contribution is 2.03. The van der Waals surface area contributed by atoms with Crippen LogP contribution in [0.15, 0.2) is 35.3 Å². The summed E-state index contributed by atoms with van der Waals surface area (Å²) in [5.74, 6) is 0.833. The SMILES string of the molecule is CN=C(NC)NCCCNc1ccccc1. The Kier molecular flexibility index (Phi) is 5.84. The summed E-state index contributed by atoms with van der Waals surface area (Å²) in [5, 5.41) is 9.54. The standard InChI is InChI=1S/C12H20N4/c1-13-12(14-2)16-10-6-9-15-11-7-4-3-5-8-11/h3-5,7-8,15H,6,9-10H2,1-2H3,(H2,13,14,16). The molecule has 4 nitrogen and oxygen atoms in total. The fraction of sp³-hybridized carbons (Fsp3) is 0.417. The van der Waals surface area contributed by atoms with E-state index in [4.69, 9.17) is 0 Å². The minimum Gasteiger partial charge on any atom is -0.385 e. The third kappa shape index (κ3) is 4.68. The average molecular weight is 220 g/mol. The first-order chi connectivity index (χ1) is 7.86. The van der Waals surface area contributed by atoms with Gasteiger partial charge in [0.05, 0.1) is 0 Å². The van der Waals surface area contributed by atoms with E-state index in [1.54, 1.807) is 7.05 Å². The minimum absolute atomic E-state index is 0.833. The van der Waals surface area contributed by atoms with Gasteiger partial charge in [0.1, 0.15) is 0 Å². The van der Waals surface area contributed by atoms with Crippen molar-refractivity contribution in [3.05, 3.63) is 30.3 Å². The molecule has 1 aromatic carbocycles. The maximum Gasteiger partial charge on any atom is 0.190 e. The third-order valence-corrected chi connectivity index (χ3v) is 2.21. The normalized spacial score (nSPS) is 11.0. The van der Waals surface area contributed by atoms with E-state index in [9.17, 15) is 0 Å². The Balaban J connectivity index is 2.09. The van der Waals surface area contributed by atoms with Gasteiger partial charge in [0.2, 0.25) is 0 Å². The Morgan fingerprint density at radius 2 is 1.94 bits per heavy atom. The van der Waals surface area contributed by atoms with Crippen LogP contribution in [0.4, 0.5) is 5.69 Å². The van der Waals surface area contributed by atoms with E-state index >= 15 is 0 Å². The van der Waals surface area contributed by atoms with Crippen LogP contribution in [0.1, 0.15) is 6.42 Å². The molecule has 0 saturated carbocycles. The maximum absolute atomic E-state index is 4.04. The van der Waals surface area contributed by atoms with Crippen molar-refractivity contribution in [1.29, 1.82) is 0 Å². The van der Waals surface area contributed by atoms with E-state index < -0.39 is 0 Å². The van der Waals surface area contributed by atoms with Crippen LogP contribution in [0, 0.1) is 0 Å². The van der Waals surface area contributed by atoms with Crippen molar-refractivity contribution in [2.45, 2.75) is 6.42 Å². The van der Waals surface area contributed by atoms with E-state index in [2.05, 4.69) is 33.1 Å².